The van der Waals surface area contributed by atoms with E-state index in [1.54, 1.807) is 7.05 Å². The number of amides is 1. The van der Waals surface area contributed by atoms with E-state index in [0.29, 0.717) is 6.54 Å². The van der Waals surface area contributed by atoms with Crippen LogP contribution in [0.3, 0.4) is 0 Å². The lowest BCUT2D eigenvalue weighted by molar-refractivity contribution is -0.122. The van der Waals surface area contributed by atoms with Crippen molar-refractivity contribution in [2.24, 2.45) is 0 Å². The molecule has 2 atom stereocenters. The summed E-state index contributed by atoms with van der Waals surface area (Å²) < 4.78 is 0. The molecule has 0 spiro atoms. The van der Waals surface area contributed by atoms with E-state index in [2.05, 4.69) is 69.2 Å². The summed E-state index contributed by atoms with van der Waals surface area (Å²) in [5.74, 6) is 0.139. The van der Waals surface area contributed by atoms with Crippen molar-refractivity contribution < 1.29 is 4.79 Å². The number of fused-ring (bicyclic) bond motifs is 1. The minimum atomic E-state index is -0.247. The summed E-state index contributed by atoms with van der Waals surface area (Å²) in [4.78, 5) is 17.4. The maximum Gasteiger partial charge on any atom is 0.236 e. The molecule has 1 amide bonds. The van der Waals surface area contributed by atoms with Crippen molar-refractivity contribution in [2.75, 3.05) is 32.6 Å². The zero-order valence-electron chi connectivity index (χ0n) is 16.4. The van der Waals surface area contributed by atoms with Gasteiger partial charge in [0.1, 0.15) is 0 Å². The zero-order valence-corrected chi connectivity index (χ0v) is 16.4. The van der Waals surface area contributed by atoms with Gasteiger partial charge >= 0.3 is 0 Å². The van der Waals surface area contributed by atoms with Gasteiger partial charge < -0.3 is 20.5 Å². The van der Waals surface area contributed by atoms with Crippen LogP contribution in [0.15, 0.2) is 54.7 Å². The maximum absolute atomic E-state index is 11.9. The fraction of sp³-hybridized carbons (Fsp3) is 0.318. The lowest BCUT2D eigenvalue weighted by Gasteiger charge is -2.22. The SMILES string of the molecule is CNC(=O)[C@H](C)NC[C@@H](c1ccc(N(C)C)cc1)c1c[nH]c2ccccc12. The Kier molecular flexibility index (Phi) is 5.81. The predicted molar refractivity (Wildman–Crippen MR) is 112 cm³/mol. The van der Waals surface area contributed by atoms with E-state index >= 15 is 0 Å². The Morgan fingerprint density at radius 2 is 1.81 bits per heavy atom. The summed E-state index contributed by atoms with van der Waals surface area (Å²) in [5, 5.41) is 7.30. The van der Waals surface area contributed by atoms with E-state index in [4.69, 9.17) is 0 Å². The van der Waals surface area contributed by atoms with Gasteiger partial charge in [-0.3, -0.25) is 4.79 Å². The number of likely N-dealkylation sites (N-methyl/N-ethyl adjacent to an activating group) is 1. The van der Waals surface area contributed by atoms with Crippen molar-refractivity contribution in [1.29, 1.82) is 0 Å². The second kappa shape index (κ2) is 8.27. The second-order valence-corrected chi connectivity index (χ2v) is 7.07. The van der Waals surface area contributed by atoms with Gasteiger partial charge in [0.25, 0.3) is 0 Å². The molecule has 3 rings (SSSR count). The molecule has 0 aliphatic heterocycles. The normalized spacial score (nSPS) is 13.3. The molecule has 0 radical (unpaired) electrons. The Morgan fingerprint density at radius 1 is 1.11 bits per heavy atom. The molecular weight excluding hydrogens is 336 g/mol. The minimum Gasteiger partial charge on any atom is -0.378 e. The van der Waals surface area contributed by atoms with Crippen LogP contribution in [0, 0.1) is 0 Å². The van der Waals surface area contributed by atoms with Gasteiger partial charge in [0.05, 0.1) is 6.04 Å². The highest BCUT2D eigenvalue weighted by atomic mass is 16.2. The number of benzene rings is 2. The molecule has 0 bridgehead atoms. The molecule has 1 aromatic heterocycles. The molecule has 142 valence electrons. The standard InChI is InChI=1S/C22H28N4O/c1-15(22(27)23-2)24-13-19(16-9-11-17(12-10-16)26(3)4)20-14-25-21-8-6-5-7-18(20)21/h5-12,14-15,19,24-25H,13H2,1-4H3,(H,23,27)/t15-,19-/m0/s1. The molecule has 5 heteroatoms. The Morgan fingerprint density at radius 3 is 2.48 bits per heavy atom. The van der Waals surface area contributed by atoms with Gasteiger partial charge in [-0.2, -0.15) is 0 Å². The molecule has 0 unspecified atom stereocenters. The third-order valence-electron chi connectivity index (χ3n) is 5.08. The number of rotatable bonds is 7. The van der Waals surface area contributed by atoms with Crippen LogP contribution in [0.5, 0.6) is 0 Å². The lowest BCUT2D eigenvalue weighted by Crippen LogP contribution is -2.42. The number of anilines is 1. The molecule has 0 aliphatic carbocycles. The number of carbonyl (C=O) groups excluding carboxylic acids is 1. The van der Waals surface area contributed by atoms with Crippen LogP contribution in [0.2, 0.25) is 0 Å². The summed E-state index contributed by atoms with van der Waals surface area (Å²) >= 11 is 0. The number of nitrogens with one attached hydrogen (secondary N) is 3. The first-order valence-electron chi connectivity index (χ1n) is 9.29. The van der Waals surface area contributed by atoms with Crippen LogP contribution in [0.25, 0.3) is 10.9 Å². The average Bonchev–Trinajstić information content (AvgIpc) is 3.11. The smallest absolute Gasteiger partial charge is 0.236 e. The number of aromatic nitrogens is 1. The monoisotopic (exact) mass is 364 g/mol. The first-order valence-corrected chi connectivity index (χ1v) is 9.29. The van der Waals surface area contributed by atoms with Gasteiger partial charge in [0.2, 0.25) is 5.91 Å². The van der Waals surface area contributed by atoms with Crippen molar-refractivity contribution in [3.63, 3.8) is 0 Å². The Bertz CT molecular complexity index is 898. The number of aromatic amines is 1. The summed E-state index contributed by atoms with van der Waals surface area (Å²) in [6, 6.07) is 16.7. The van der Waals surface area contributed by atoms with E-state index < -0.39 is 0 Å². The largest absolute Gasteiger partial charge is 0.378 e. The predicted octanol–water partition coefficient (Wildman–Crippen LogP) is 3.09. The Balaban J connectivity index is 1.94. The molecule has 0 saturated carbocycles. The van der Waals surface area contributed by atoms with E-state index in [1.807, 2.05) is 27.1 Å². The Labute approximate surface area is 160 Å². The lowest BCUT2D eigenvalue weighted by atomic mass is 9.90. The number of hydrogen-bond donors (Lipinski definition) is 3. The molecular formula is C22H28N4O. The quantitative estimate of drug-likeness (QED) is 0.604. The molecule has 3 N–H and O–H groups in total. The number of carbonyl (C=O) groups is 1. The third kappa shape index (κ3) is 4.14. The Hall–Kier alpha value is -2.79. The van der Waals surface area contributed by atoms with Gasteiger partial charge in [0, 0.05) is 56.4 Å². The summed E-state index contributed by atoms with van der Waals surface area (Å²) in [5.41, 5.74) is 4.76. The van der Waals surface area contributed by atoms with Crippen molar-refractivity contribution in [2.45, 2.75) is 18.9 Å². The average molecular weight is 364 g/mol. The number of para-hydroxylation sites is 1. The van der Waals surface area contributed by atoms with Crippen molar-refractivity contribution in [3.8, 4) is 0 Å². The molecule has 0 saturated heterocycles. The fourth-order valence-corrected chi connectivity index (χ4v) is 3.40. The first-order chi connectivity index (χ1) is 13.0. The van der Waals surface area contributed by atoms with E-state index in [9.17, 15) is 4.79 Å². The van der Waals surface area contributed by atoms with Crippen LogP contribution >= 0.6 is 0 Å². The second-order valence-electron chi connectivity index (χ2n) is 7.07. The molecule has 1 heterocycles. The maximum atomic E-state index is 11.9. The van der Waals surface area contributed by atoms with Crippen LogP contribution in [0.1, 0.15) is 24.0 Å². The van der Waals surface area contributed by atoms with E-state index in [1.165, 1.54) is 22.2 Å². The highest BCUT2D eigenvalue weighted by Gasteiger charge is 2.20. The molecule has 27 heavy (non-hydrogen) atoms. The first kappa shape index (κ1) is 19.0. The topological polar surface area (TPSA) is 60.2 Å². The molecule has 3 aromatic rings. The summed E-state index contributed by atoms with van der Waals surface area (Å²) in [6.45, 7) is 2.57. The van der Waals surface area contributed by atoms with Crippen molar-refractivity contribution in [3.05, 3.63) is 65.9 Å². The fourth-order valence-electron chi connectivity index (χ4n) is 3.40. The van der Waals surface area contributed by atoms with Crippen LogP contribution < -0.4 is 15.5 Å². The molecule has 2 aromatic carbocycles. The number of hydrogen-bond acceptors (Lipinski definition) is 3. The van der Waals surface area contributed by atoms with Crippen molar-refractivity contribution >= 4 is 22.5 Å². The number of H-pyrrole nitrogens is 1. The van der Waals surface area contributed by atoms with Crippen LogP contribution in [-0.4, -0.2) is 44.6 Å². The van der Waals surface area contributed by atoms with Gasteiger partial charge in [-0.25, -0.2) is 0 Å². The van der Waals surface area contributed by atoms with Gasteiger partial charge in [-0.05, 0) is 36.2 Å². The number of nitrogens with zero attached hydrogens (tertiary/aromatic N) is 1. The van der Waals surface area contributed by atoms with Gasteiger partial charge in [-0.15, -0.1) is 0 Å². The minimum absolute atomic E-state index is 0.00404. The van der Waals surface area contributed by atoms with Gasteiger partial charge in [-0.1, -0.05) is 30.3 Å². The summed E-state index contributed by atoms with van der Waals surface area (Å²) in [7, 11) is 5.75. The highest BCUT2D eigenvalue weighted by molar-refractivity contribution is 5.84. The van der Waals surface area contributed by atoms with Gasteiger partial charge in [0.15, 0.2) is 0 Å². The van der Waals surface area contributed by atoms with E-state index in [0.717, 1.165) is 5.52 Å². The van der Waals surface area contributed by atoms with E-state index in [-0.39, 0.29) is 17.9 Å². The molecule has 0 fully saturated rings. The summed E-state index contributed by atoms with van der Waals surface area (Å²) in [6.07, 6.45) is 2.08. The highest BCUT2D eigenvalue weighted by Crippen LogP contribution is 2.31. The zero-order chi connectivity index (χ0) is 19.4. The third-order valence-corrected chi connectivity index (χ3v) is 5.08. The molecule has 0 aliphatic rings. The van der Waals surface area contributed by atoms with Crippen molar-refractivity contribution in [1.82, 2.24) is 15.6 Å². The van der Waals surface area contributed by atoms with Crippen LogP contribution in [0.4, 0.5) is 5.69 Å². The molecule has 5 nitrogen and oxygen atoms in total. The van der Waals surface area contributed by atoms with Crippen LogP contribution in [-0.2, 0) is 4.79 Å².